The van der Waals surface area contributed by atoms with Crippen LogP contribution in [0, 0.1) is 17.4 Å². The first-order valence-electron chi connectivity index (χ1n) is 1.93. The molecule has 0 aromatic rings. The maximum absolute atomic E-state index is 8.04. The van der Waals surface area contributed by atoms with Crippen LogP contribution in [-0.2, 0) is 0 Å². The second-order valence-electron chi connectivity index (χ2n) is 1.27. The summed E-state index contributed by atoms with van der Waals surface area (Å²) in [6.45, 7) is 0. The van der Waals surface area contributed by atoms with Crippen LogP contribution in [0.4, 0.5) is 0 Å². The van der Waals surface area contributed by atoms with E-state index in [-0.39, 0.29) is 0 Å². The zero-order chi connectivity index (χ0) is 4.41. The molecule has 0 bridgehead atoms. The number of allylic oxidation sites excluding steroid dienone is 2. The Morgan fingerprint density at radius 1 is 1.83 bits per heavy atom. The Morgan fingerprint density at radius 2 is 2.50 bits per heavy atom. The van der Waals surface area contributed by atoms with Crippen LogP contribution < -0.4 is 0 Å². The fraction of sp³-hybridized carbons (Fsp3) is 0.400. The van der Waals surface area contributed by atoms with Gasteiger partial charge in [-0.1, -0.05) is 0 Å². The number of nitrogens with zero attached hydrogens (tertiary/aromatic N) is 1. The Labute approximate surface area is 36.9 Å². The van der Waals surface area contributed by atoms with E-state index in [4.69, 9.17) is 5.26 Å². The molecule has 0 spiro atoms. The third-order valence-electron chi connectivity index (χ3n) is 0.848. The molecular formula is C5H4N. The van der Waals surface area contributed by atoms with Crippen molar-refractivity contribution in [1.82, 2.24) is 0 Å². The Morgan fingerprint density at radius 3 is 2.50 bits per heavy atom. The van der Waals surface area contributed by atoms with Crippen molar-refractivity contribution in [2.75, 3.05) is 0 Å². The summed E-state index contributed by atoms with van der Waals surface area (Å²) in [5.74, 6) is 0. The molecule has 0 aliphatic heterocycles. The first-order chi connectivity index (χ1) is 2.93. The van der Waals surface area contributed by atoms with E-state index in [0.717, 1.165) is 18.4 Å². The zero-order valence-electron chi connectivity index (χ0n) is 3.36. The first-order valence-corrected chi connectivity index (χ1v) is 1.93. The summed E-state index contributed by atoms with van der Waals surface area (Å²) in [6, 6.07) is 2.01. The van der Waals surface area contributed by atoms with Crippen molar-refractivity contribution in [3.8, 4) is 6.07 Å². The molecule has 0 aromatic carbocycles. The molecule has 1 heteroatoms. The van der Waals surface area contributed by atoms with E-state index >= 15 is 0 Å². The molecule has 6 heavy (non-hydrogen) atoms. The van der Waals surface area contributed by atoms with E-state index in [1.165, 1.54) is 0 Å². The molecule has 1 nitrogen and oxygen atoms in total. The predicted octanol–water partition coefficient (Wildman–Crippen LogP) is 1.03. The van der Waals surface area contributed by atoms with Gasteiger partial charge in [-0.05, 0) is 18.9 Å². The standard InChI is InChI=1S/C5H4N/c6-4-5-2-1-3-5/h1-2H2. The van der Waals surface area contributed by atoms with Crippen molar-refractivity contribution in [2.24, 2.45) is 0 Å². The topological polar surface area (TPSA) is 23.8 Å². The summed E-state index contributed by atoms with van der Waals surface area (Å²) in [5.41, 5.74) is 0.829. The minimum atomic E-state index is 0.829. The highest BCUT2D eigenvalue weighted by Gasteiger charge is 2.01. The minimum absolute atomic E-state index is 0.829. The summed E-state index contributed by atoms with van der Waals surface area (Å²) < 4.78 is 0. The molecule has 1 rings (SSSR count). The SMILES string of the molecule is N#CC1=[C]CC1. The van der Waals surface area contributed by atoms with Crippen LogP contribution in [0.5, 0.6) is 0 Å². The lowest BCUT2D eigenvalue weighted by Gasteiger charge is -2.00. The van der Waals surface area contributed by atoms with Gasteiger partial charge in [0.2, 0.25) is 0 Å². The quantitative estimate of drug-likeness (QED) is 0.424. The number of hydrogen-bond donors (Lipinski definition) is 0. The number of rotatable bonds is 0. The van der Waals surface area contributed by atoms with Crippen LogP contribution in [-0.4, -0.2) is 0 Å². The molecule has 1 aliphatic carbocycles. The Balaban J connectivity index is 2.60. The third-order valence-corrected chi connectivity index (χ3v) is 0.848. The van der Waals surface area contributed by atoms with E-state index in [1.807, 2.05) is 6.07 Å². The van der Waals surface area contributed by atoms with E-state index in [2.05, 4.69) is 6.08 Å². The fourth-order valence-electron chi connectivity index (χ4n) is 0.345. The average Bonchev–Trinajstić information content (AvgIpc) is 1.31. The fourth-order valence-corrected chi connectivity index (χ4v) is 0.345. The van der Waals surface area contributed by atoms with Crippen molar-refractivity contribution < 1.29 is 0 Å². The van der Waals surface area contributed by atoms with Crippen LogP contribution in [0.2, 0.25) is 0 Å². The van der Waals surface area contributed by atoms with Crippen LogP contribution in [0.25, 0.3) is 0 Å². The average molecular weight is 78.1 g/mol. The zero-order valence-corrected chi connectivity index (χ0v) is 3.36. The first kappa shape index (κ1) is 3.42. The Kier molecular flexibility index (Phi) is 0.648. The van der Waals surface area contributed by atoms with Gasteiger partial charge in [0.1, 0.15) is 0 Å². The van der Waals surface area contributed by atoms with E-state index in [1.54, 1.807) is 0 Å². The molecule has 0 fully saturated rings. The maximum atomic E-state index is 8.04. The molecule has 0 amide bonds. The second kappa shape index (κ2) is 1.14. The normalized spacial score (nSPS) is 17.5. The molecule has 0 aromatic heterocycles. The highest BCUT2D eigenvalue weighted by Crippen LogP contribution is 2.13. The summed E-state index contributed by atoms with van der Waals surface area (Å²) in [7, 11) is 0. The van der Waals surface area contributed by atoms with E-state index in [9.17, 15) is 0 Å². The monoisotopic (exact) mass is 78.0 g/mol. The van der Waals surface area contributed by atoms with Crippen LogP contribution in [0.15, 0.2) is 5.57 Å². The van der Waals surface area contributed by atoms with Gasteiger partial charge in [-0.25, -0.2) is 0 Å². The molecule has 0 heterocycles. The number of nitriles is 1. The third kappa shape index (κ3) is 0.307. The second-order valence-corrected chi connectivity index (χ2v) is 1.27. The summed E-state index contributed by atoms with van der Waals surface area (Å²) in [4.78, 5) is 0. The molecule has 0 unspecified atom stereocenters. The highest BCUT2D eigenvalue weighted by molar-refractivity contribution is 5.23. The van der Waals surface area contributed by atoms with Gasteiger partial charge in [0.05, 0.1) is 6.07 Å². The maximum Gasteiger partial charge on any atom is 0.0950 e. The van der Waals surface area contributed by atoms with E-state index in [0.29, 0.717) is 0 Å². The Hall–Kier alpha value is -0.770. The predicted molar refractivity (Wildman–Crippen MR) is 21.6 cm³/mol. The lowest BCUT2D eigenvalue weighted by atomic mass is 10.0. The van der Waals surface area contributed by atoms with Gasteiger partial charge in [-0.2, -0.15) is 5.26 Å². The lowest BCUT2D eigenvalue weighted by molar-refractivity contribution is 0.879. The van der Waals surface area contributed by atoms with Gasteiger partial charge < -0.3 is 0 Å². The molecule has 0 saturated heterocycles. The van der Waals surface area contributed by atoms with E-state index < -0.39 is 0 Å². The molecular weight excluding hydrogens is 74.1 g/mol. The van der Waals surface area contributed by atoms with Gasteiger partial charge in [-0.15, -0.1) is 0 Å². The largest absolute Gasteiger partial charge is 0.193 e. The summed E-state index contributed by atoms with van der Waals surface area (Å²) >= 11 is 0. The van der Waals surface area contributed by atoms with Gasteiger partial charge in [-0.3, -0.25) is 0 Å². The molecule has 1 aliphatic rings. The highest BCUT2D eigenvalue weighted by atomic mass is 14.3. The Bertz CT molecular complexity index is 116. The van der Waals surface area contributed by atoms with Gasteiger partial charge >= 0.3 is 0 Å². The molecule has 1 radical (unpaired) electrons. The molecule has 0 N–H and O–H groups in total. The van der Waals surface area contributed by atoms with Crippen LogP contribution in [0.3, 0.4) is 0 Å². The van der Waals surface area contributed by atoms with Gasteiger partial charge in [0.15, 0.2) is 0 Å². The summed E-state index contributed by atoms with van der Waals surface area (Å²) in [6.07, 6.45) is 4.79. The van der Waals surface area contributed by atoms with Crippen molar-refractivity contribution in [2.45, 2.75) is 12.8 Å². The van der Waals surface area contributed by atoms with Crippen LogP contribution >= 0.6 is 0 Å². The van der Waals surface area contributed by atoms with Crippen molar-refractivity contribution in [3.63, 3.8) is 0 Å². The van der Waals surface area contributed by atoms with Crippen molar-refractivity contribution in [3.05, 3.63) is 11.6 Å². The minimum Gasteiger partial charge on any atom is -0.193 e. The molecule has 29 valence electrons. The smallest absolute Gasteiger partial charge is 0.0950 e. The van der Waals surface area contributed by atoms with Crippen molar-refractivity contribution in [1.29, 1.82) is 5.26 Å². The van der Waals surface area contributed by atoms with Gasteiger partial charge in [0.25, 0.3) is 0 Å². The van der Waals surface area contributed by atoms with Gasteiger partial charge in [0, 0.05) is 5.57 Å². The summed E-state index contributed by atoms with van der Waals surface area (Å²) in [5, 5.41) is 8.04. The van der Waals surface area contributed by atoms with Crippen LogP contribution in [0.1, 0.15) is 12.8 Å². The number of hydrogen-bond acceptors (Lipinski definition) is 1. The molecule has 0 saturated carbocycles. The molecule has 0 atom stereocenters. The van der Waals surface area contributed by atoms with Crippen molar-refractivity contribution >= 4 is 0 Å². The lowest BCUT2D eigenvalue weighted by Crippen LogP contribution is -1.88.